The molecule has 14 heteroatoms. The van der Waals surface area contributed by atoms with Gasteiger partial charge in [0.25, 0.3) is 17.7 Å². The van der Waals surface area contributed by atoms with Crippen LogP contribution in [-0.2, 0) is 15.0 Å². The van der Waals surface area contributed by atoms with Crippen LogP contribution in [0.1, 0.15) is 77.2 Å². The van der Waals surface area contributed by atoms with Gasteiger partial charge in [0.05, 0.1) is 11.1 Å². The van der Waals surface area contributed by atoms with E-state index in [1.165, 1.54) is 0 Å². The lowest BCUT2D eigenvalue weighted by Gasteiger charge is -2.36. The summed E-state index contributed by atoms with van der Waals surface area (Å²) in [5.41, 5.74) is 3.16. The van der Waals surface area contributed by atoms with Gasteiger partial charge < -0.3 is 19.3 Å². The Kier molecular flexibility index (Phi) is 8.44. The SMILES string of the molecule is Cc1noc(-c2nccc(Oc3ccc(C(C)(C)c4ccc(O[C@H]5C[C@H](Nc6ccc7c(c6)C(=O)N(C6CCC(=O)NC6=O)C7=O)C5)cc4)cc3)n2)n1. The van der Waals surface area contributed by atoms with Crippen LogP contribution in [0.5, 0.6) is 17.4 Å². The molecule has 2 fully saturated rings. The number of aryl methyl sites for hydroxylation is 1. The molecule has 53 heavy (non-hydrogen) atoms. The van der Waals surface area contributed by atoms with Crippen LogP contribution >= 0.6 is 0 Å². The summed E-state index contributed by atoms with van der Waals surface area (Å²) in [7, 11) is 0. The zero-order chi connectivity index (χ0) is 36.9. The predicted molar refractivity (Wildman–Crippen MR) is 189 cm³/mol. The zero-order valence-electron chi connectivity index (χ0n) is 29.2. The van der Waals surface area contributed by atoms with Crippen LogP contribution in [0.3, 0.4) is 0 Å². The van der Waals surface area contributed by atoms with Crippen molar-refractivity contribution in [3.05, 3.63) is 107 Å². The molecule has 2 N–H and O–H groups in total. The molecule has 4 heterocycles. The smallest absolute Gasteiger partial charge is 0.295 e. The predicted octanol–water partition coefficient (Wildman–Crippen LogP) is 5.38. The van der Waals surface area contributed by atoms with Gasteiger partial charge in [0.2, 0.25) is 23.5 Å². The first-order chi connectivity index (χ1) is 25.5. The van der Waals surface area contributed by atoms with Crippen LogP contribution in [0.2, 0.25) is 0 Å². The van der Waals surface area contributed by atoms with Crippen LogP contribution in [-0.4, -0.2) is 66.8 Å². The molecule has 5 aromatic rings. The number of hydrogen-bond acceptors (Lipinski definition) is 12. The van der Waals surface area contributed by atoms with E-state index in [9.17, 15) is 19.2 Å². The Balaban J connectivity index is 0.839. The van der Waals surface area contributed by atoms with Crippen molar-refractivity contribution in [2.75, 3.05) is 5.32 Å². The summed E-state index contributed by atoms with van der Waals surface area (Å²) in [6, 6.07) is 21.9. The van der Waals surface area contributed by atoms with Crippen molar-refractivity contribution in [3.63, 3.8) is 0 Å². The van der Waals surface area contributed by atoms with Gasteiger partial charge in [-0.3, -0.25) is 29.4 Å². The number of fused-ring (bicyclic) bond motifs is 1. The molecule has 1 unspecified atom stereocenters. The van der Waals surface area contributed by atoms with Gasteiger partial charge in [0.1, 0.15) is 23.6 Å². The van der Waals surface area contributed by atoms with Crippen molar-refractivity contribution in [1.29, 1.82) is 0 Å². The van der Waals surface area contributed by atoms with E-state index in [1.807, 2.05) is 36.4 Å². The van der Waals surface area contributed by atoms with E-state index in [-0.39, 0.29) is 47.4 Å². The molecular formula is C39H35N7O7. The number of piperidine rings is 1. The van der Waals surface area contributed by atoms with E-state index >= 15 is 0 Å². The highest BCUT2D eigenvalue weighted by atomic mass is 16.5. The topological polar surface area (TPSA) is 179 Å². The maximum atomic E-state index is 13.2. The Bertz CT molecular complexity index is 2250. The van der Waals surface area contributed by atoms with Crippen molar-refractivity contribution < 1.29 is 33.2 Å². The fourth-order valence-corrected chi connectivity index (χ4v) is 6.84. The molecule has 2 aromatic heterocycles. The minimum atomic E-state index is -0.991. The number of amides is 4. The Morgan fingerprint density at radius 3 is 2.25 bits per heavy atom. The first-order valence-electron chi connectivity index (χ1n) is 17.3. The van der Waals surface area contributed by atoms with Gasteiger partial charge in [0, 0.05) is 48.7 Å². The Labute approximate surface area is 303 Å². The molecule has 14 nitrogen and oxygen atoms in total. The summed E-state index contributed by atoms with van der Waals surface area (Å²) in [5, 5.41) is 9.43. The molecule has 1 saturated heterocycles. The van der Waals surface area contributed by atoms with E-state index in [0.717, 1.165) is 34.6 Å². The molecule has 1 saturated carbocycles. The highest BCUT2D eigenvalue weighted by Gasteiger charge is 2.45. The van der Waals surface area contributed by atoms with Crippen LogP contribution in [0.15, 0.2) is 83.5 Å². The first kappa shape index (κ1) is 33.7. The third-order valence-electron chi connectivity index (χ3n) is 9.93. The fraction of sp³-hybridized carbons (Fsp3) is 0.282. The summed E-state index contributed by atoms with van der Waals surface area (Å²) in [6.07, 6.45) is 3.33. The molecule has 0 spiro atoms. The third kappa shape index (κ3) is 6.59. The molecule has 0 bridgehead atoms. The lowest BCUT2D eigenvalue weighted by Crippen LogP contribution is -2.54. The second kappa shape index (κ2) is 13.3. The van der Waals surface area contributed by atoms with Crippen molar-refractivity contribution in [1.82, 2.24) is 30.3 Å². The van der Waals surface area contributed by atoms with Crippen molar-refractivity contribution in [3.8, 4) is 29.1 Å². The number of ether oxygens (including phenoxy) is 2. The molecule has 1 atom stereocenters. The summed E-state index contributed by atoms with van der Waals surface area (Å²) < 4.78 is 17.4. The summed E-state index contributed by atoms with van der Waals surface area (Å²) >= 11 is 0. The Morgan fingerprint density at radius 2 is 1.57 bits per heavy atom. The van der Waals surface area contributed by atoms with Crippen molar-refractivity contribution in [2.24, 2.45) is 0 Å². The lowest BCUT2D eigenvalue weighted by molar-refractivity contribution is -0.136. The zero-order valence-corrected chi connectivity index (χ0v) is 29.2. The second-order valence-electron chi connectivity index (χ2n) is 13.9. The van der Waals surface area contributed by atoms with Gasteiger partial charge in [-0.1, -0.05) is 43.3 Å². The first-order valence-corrected chi connectivity index (χ1v) is 17.3. The Morgan fingerprint density at radius 1 is 0.868 bits per heavy atom. The average Bonchev–Trinajstić information content (AvgIpc) is 3.67. The van der Waals surface area contributed by atoms with Gasteiger partial charge in [0.15, 0.2) is 5.82 Å². The second-order valence-corrected chi connectivity index (χ2v) is 13.9. The molecule has 2 aliphatic heterocycles. The molecule has 268 valence electrons. The quantitative estimate of drug-likeness (QED) is 0.177. The standard InChI is InChI=1S/C39H35N7O7/c1-21-41-36(53-45-21)34-40-17-16-33(44-34)52-27-11-6-23(7-12-27)39(2,3)22-4-9-26(10-5-22)51-28-18-25(19-28)42-24-8-13-29-30(20-24)38(50)46(37(29)49)31-14-15-32(47)43-35(31)48/h4-13,16-17,20,25,28,31,42H,14-15,18-19H2,1-3H3,(H,43,47,48)/t25-,28-,31?. The number of aromatic nitrogens is 4. The minimum Gasteiger partial charge on any atom is -0.490 e. The molecule has 4 amide bonds. The van der Waals surface area contributed by atoms with Crippen LogP contribution in [0.25, 0.3) is 11.7 Å². The van der Waals surface area contributed by atoms with Gasteiger partial charge in [-0.15, -0.1) is 0 Å². The fourth-order valence-electron chi connectivity index (χ4n) is 6.84. The number of imide groups is 2. The van der Waals surface area contributed by atoms with Gasteiger partial charge in [-0.05, 0) is 66.9 Å². The van der Waals surface area contributed by atoms with E-state index in [0.29, 0.717) is 29.0 Å². The van der Waals surface area contributed by atoms with Gasteiger partial charge in [-0.2, -0.15) is 9.97 Å². The normalized spacial score (nSPS) is 19.8. The molecule has 3 aliphatic rings. The molecular weight excluding hydrogens is 678 g/mol. The molecule has 0 radical (unpaired) electrons. The minimum absolute atomic E-state index is 0.0293. The number of benzene rings is 3. The Hall–Kier alpha value is -6.44. The number of anilines is 1. The number of carbonyl (C=O) groups excluding carboxylic acids is 4. The summed E-state index contributed by atoms with van der Waals surface area (Å²) in [6.45, 7) is 6.06. The summed E-state index contributed by atoms with van der Waals surface area (Å²) in [5.74, 6) is 0.706. The average molecular weight is 714 g/mol. The molecule has 1 aliphatic carbocycles. The van der Waals surface area contributed by atoms with E-state index in [4.69, 9.17) is 14.0 Å². The highest BCUT2D eigenvalue weighted by Crippen LogP contribution is 2.36. The largest absolute Gasteiger partial charge is 0.490 e. The monoisotopic (exact) mass is 713 g/mol. The van der Waals surface area contributed by atoms with Crippen LogP contribution in [0, 0.1) is 6.92 Å². The third-order valence-corrected chi connectivity index (χ3v) is 9.93. The molecule has 3 aromatic carbocycles. The maximum absolute atomic E-state index is 13.2. The van der Waals surface area contributed by atoms with Crippen molar-refractivity contribution in [2.45, 2.75) is 70.1 Å². The number of carbonyl (C=O) groups is 4. The number of rotatable bonds is 10. The van der Waals surface area contributed by atoms with Gasteiger partial charge >= 0.3 is 0 Å². The van der Waals surface area contributed by atoms with E-state index in [1.54, 1.807) is 37.4 Å². The highest BCUT2D eigenvalue weighted by molar-refractivity contribution is 6.23. The van der Waals surface area contributed by atoms with E-state index in [2.05, 4.69) is 56.7 Å². The van der Waals surface area contributed by atoms with E-state index < -0.39 is 29.7 Å². The van der Waals surface area contributed by atoms with Crippen molar-refractivity contribution >= 4 is 29.3 Å². The maximum Gasteiger partial charge on any atom is 0.295 e. The summed E-state index contributed by atoms with van der Waals surface area (Å²) in [4.78, 5) is 63.8. The van der Waals surface area contributed by atoms with Gasteiger partial charge in [-0.25, -0.2) is 4.98 Å². The lowest BCUT2D eigenvalue weighted by atomic mass is 9.78. The van der Waals surface area contributed by atoms with Crippen LogP contribution < -0.4 is 20.1 Å². The number of nitrogens with zero attached hydrogens (tertiary/aromatic N) is 5. The molecule has 8 rings (SSSR count). The number of nitrogens with one attached hydrogen (secondary N) is 2. The number of hydrogen-bond donors (Lipinski definition) is 2. The van der Waals surface area contributed by atoms with Crippen LogP contribution in [0.4, 0.5) is 5.69 Å².